The van der Waals surface area contributed by atoms with Crippen molar-refractivity contribution in [1.29, 1.82) is 5.26 Å². The predicted molar refractivity (Wildman–Crippen MR) is 124 cm³/mol. The van der Waals surface area contributed by atoms with Gasteiger partial charge in [0.1, 0.15) is 11.8 Å². The molecule has 1 aliphatic carbocycles. The first kappa shape index (κ1) is 22.4. The van der Waals surface area contributed by atoms with Gasteiger partial charge >= 0.3 is 0 Å². The van der Waals surface area contributed by atoms with Gasteiger partial charge in [0.25, 0.3) is 0 Å². The number of nitriles is 1. The summed E-state index contributed by atoms with van der Waals surface area (Å²) in [5.41, 5.74) is 2.43. The molecular formula is C25H28ClN3O3. The topological polar surface area (TPSA) is 83.4 Å². The van der Waals surface area contributed by atoms with Crippen LogP contribution in [0.3, 0.4) is 0 Å². The van der Waals surface area contributed by atoms with E-state index < -0.39 is 0 Å². The second-order valence-corrected chi connectivity index (χ2v) is 9.10. The van der Waals surface area contributed by atoms with E-state index in [4.69, 9.17) is 26.3 Å². The van der Waals surface area contributed by atoms with Crippen molar-refractivity contribution in [3.05, 3.63) is 59.7 Å². The Morgan fingerprint density at radius 3 is 2.75 bits per heavy atom. The molecule has 2 aromatic carbocycles. The highest BCUT2D eigenvalue weighted by Gasteiger charge is 2.43. The molecule has 4 rings (SSSR count). The zero-order valence-corrected chi connectivity index (χ0v) is 18.8. The number of nitrogens with one attached hydrogen (secondary N) is 2. The number of rotatable bonds is 7. The van der Waals surface area contributed by atoms with Crippen LogP contribution < -0.4 is 15.4 Å². The molecule has 7 heteroatoms. The molecule has 0 spiro atoms. The van der Waals surface area contributed by atoms with Crippen LogP contribution in [0, 0.1) is 23.2 Å². The van der Waals surface area contributed by atoms with Crippen molar-refractivity contribution in [3.63, 3.8) is 0 Å². The standard InChI is InChI=1S/C25H28ClN3O3/c1-31-23-11-20(8-7-17(23)13-27)28-14-19-9-18-10-21(26)24(12-22(18)29-25(19)30)32-15-16-5-3-2-4-6-16/h2-8,11,18-19,21-22,24,28H,9-10,12,14-15H2,1H3,(H,29,30). The molecule has 5 atom stereocenters. The van der Waals surface area contributed by atoms with Crippen LogP contribution >= 0.6 is 11.6 Å². The second-order valence-electron chi connectivity index (χ2n) is 8.54. The maximum Gasteiger partial charge on any atom is 0.225 e. The molecule has 1 saturated heterocycles. The van der Waals surface area contributed by atoms with Crippen LogP contribution in [0.25, 0.3) is 0 Å². The molecule has 5 unspecified atom stereocenters. The Morgan fingerprint density at radius 2 is 2.00 bits per heavy atom. The number of amides is 1. The van der Waals surface area contributed by atoms with Crippen LogP contribution in [-0.2, 0) is 16.1 Å². The third-order valence-electron chi connectivity index (χ3n) is 6.45. The fourth-order valence-electron chi connectivity index (χ4n) is 4.67. The quantitative estimate of drug-likeness (QED) is 0.617. The van der Waals surface area contributed by atoms with Crippen LogP contribution in [0.1, 0.15) is 30.4 Å². The molecule has 32 heavy (non-hydrogen) atoms. The largest absolute Gasteiger partial charge is 0.495 e. The van der Waals surface area contributed by atoms with Gasteiger partial charge in [0.15, 0.2) is 0 Å². The van der Waals surface area contributed by atoms with Crippen molar-refractivity contribution in [2.24, 2.45) is 11.8 Å². The molecule has 0 bridgehead atoms. The average Bonchev–Trinajstić information content (AvgIpc) is 2.82. The van der Waals surface area contributed by atoms with E-state index in [1.165, 1.54) is 7.11 Å². The minimum atomic E-state index is -0.136. The third kappa shape index (κ3) is 5.17. The van der Waals surface area contributed by atoms with E-state index in [1.54, 1.807) is 12.1 Å². The molecule has 1 saturated carbocycles. The van der Waals surface area contributed by atoms with Crippen LogP contribution in [0.4, 0.5) is 5.69 Å². The summed E-state index contributed by atoms with van der Waals surface area (Å²) in [6.45, 7) is 1.05. The summed E-state index contributed by atoms with van der Waals surface area (Å²) >= 11 is 6.69. The summed E-state index contributed by atoms with van der Waals surface area (Å²) in [6, 6.07) is 17.6. The molecule has 2 fully saturated rings. The lowest BCUT2D eigenvalue weighted by Crippen LogP contribution is -2.56. The van der Waals surface area contributed by atoms with Gasteiger partial charge in [-0.1, -0.05) is 30.3 Å². The lowest BCUT2D eigenvalue weighted by atomic mass is 9.74. The monoisotopic (exact) mass is 453 g/mol. The van der Waals surface area contributed by atoms with Crippen molar-refractivity contribution < 1.29 is 14.3 Å². The van der Waals surface area contributed by atoms with Crippen molar-refractivity contribution in [2.45, 2.75) is 43.4 Å². The summed E-state index contributed by atoms with van der Waals surface area (Å²) in [5, 5.41) is 15.6. The smallest absolute Gasteiger partial charge is 0.225 e. The van der Waals surface area contributed by atoms with Gasteiger partial charge in [0.05, 0.1) is 36.7 Å². The Morgan fingerprint density at radius 1 is 1.19 bits per heavy atom. The highest BCUT2D eigenvalue weighted by atomic mass is 35.5. The Labute approximate surface area is 193 Å². The molecular weight excluding hydrogens is 426 g/mol. The molecule has 0 radical (unpaired) electrons. The van der Waals surface area contributed by atoms with Crippen LogP contribution in [0.2, 0.25) is 0 Å². The van der Waals surface area contributed by atoms with Gasteiger partial charge in [-0.3, -0.25) is 4.79 Å². The lowest BCUT2D eigenvalue weighted by molar-refractivity contribution is -0.130. The zero-order chi connectivity index (χ0) is 22.5. The highest BCUT2D eigenvalue weighted by molar-refractivity contribution is 6.21. The molecule has 1 amide bonds. The van der Waals surface area contributed by atoms with E-state index in [0.717, 1.165) is 30.5 Å². The first-order valence-corrected chi connectivity index (χ1v) is 11.4. The molecule has 2 aromatic rings. The lowest BCUT2D eigenvalue weighted by Gasteiger charge is -2.44. The minimum absolute atomic E-state index is 0.0636. The highest BCUT2D eigenvalue weighted by Crippen LogP contribution is 2.37. The Balaban J connectivity index is 1.31. The van der Waals surface area contributed by atoms with Gasteiger partial charge in [0.2, 0.25) is 5.91 Å². The first-order chi connectivity index (χ1) is 15.6. The van der Waals surface area contributed by atoms with Gasteiger partial charge in [-0.05, 0) is 42.9 Å². The molecule has 1 heterocycles. The number of piperidine rings is 1. The van der Waals surface area contributed by atoms with Gasteiger partial charge in [-0.25, -0.2) is 0 Å². The second kappa shape index (κ2) is 10.2. The van der Waals surface area contributed by atoms with Gasteiger partial charge in [0, 0.05) is 24.3 Å². The fourth-order valence-corrected chi connectivity index (χ4v) is 5.07. The SMILES string of the molecule is COc1cc(NCC2CC3CC(Cl)C(OCc4ccccc4)CC3NC2=O)ccc1C#N. The summed E-state index contributed by atoms with van der Waals surface area (Å²) in [5.74, 6) is 0.788. The summed E-state index contributed by atoms with van der Waals surface area (Å²) in [7, 11) is 1.54. The van der Waals surface area contributed by atoms with Crippen molar-refractivity contribution >= 4 is 23.2 Å². The first-order valence-electron chi connectivity index (χ1n) is 11.0. The normalized spacial score (nSPS) is 27.0. The molecule has 0 aromatic heterocycles. The number of fused-ring (bicyclic) bond motifs is 1. The number of carbonyl (C=O) groups excluding carboxylic acids is 1. The number of ether oxygens (including phenoxy) is 2. The number of hydrogen-bond donors (Lipinski definition) is 2. The van der Waals surface area contributed by atoms with Gasteiger partial charge in [-0.15, -0.1) is 11.6 Å². The Bertz CT molecular complexity index is 978. The van der Waals surface area contributed by atoms with Gasteiger partial charge < -0.3 is 20.1 Å². The van der Waals surface area contributed by atoms with Crippen molar-refractivity contribution in [3.8, 4) is 11.8 Å². The summed E-state index contributed by atoms with van der Waals surface area (Å²) in [4.78, 5) is 12.8. The molecule has 168 valence electrons. The van der Waals surface area contributed by atoms with Crippen LogP contribution in [-0.4, -0.2) is 37.1 Å². The summed E-state index contributed by atoms with van der Waals surface area (Å²) in [6.07, 6.45) is 2.29. The average molecular weight is 454 g/mol. The van der Waals surface area contributed by atoms with Crippen molar-refractivity contribution in [2.75, 3.05) is 19.0 Å². The van der Waals surface area contributed by atoms with Crippen LogP contribution in [0.5, 0.6) is 5.75 Å². The predicted octanol–water partition coefficient (Wildman–Crippen LogP) is 4.09. The van der Waals surface area contributed by atoms with Crippen LogP contribution in [0.15, 0.2) is 48.5 Å². The molecule has 2 aliphatic rings. The van der Waals surface area contributed by atoms with Gasteiger partial charge in [-0.2, -0.15) is 5.26 Å². The Hall–Kier alpha value is -2.75. The maximum atomic E-state index is 12.8. The number of anilines is 1. The number of nitrogens with zero attached hydrogens (tertiary/aromatic N) is 1. The van der Waals surface area contributed by atoms with E-state index in [1.807, 2.05) is 36.4 Å². The number of alkyl halides is 1. The van der Waals surface area contributed by atoms with E-state index in [0.29, 0.717) is 30.4 Å². The number of benzene rings is 2. The van der Waals surface area contributed by atoms with E-state index in [-0.39, 0.29) is 29.3 Å². The number of hydrogen-bond acceptors (Lipinski definition) is 5. The molecule has 6 nitrogen and oxygen atoms in total. The third-order valence-corrected chi connectivity index (χ3v) is 6.91. The number of carbonyl (C=O) groups is 1. The minimum Gasteiger partial charge on any atom is -0.495 e. The van der Waals surface area contributed by atoms with E-state index in [9.17, 15) is 4.79 Å². The zero-order valence-electron chi connectivity index (χ0n) is 18.1. The van der Waals surface area contributed by atoms with Crippen molar-refractivity contribution in [1.82, 2.24) is 5.32 Å². The fraction of sp³-hybridized carbons (Fsp3) is 0.440. The number of halogens is 1. The maximum absolute atomic E-state index is 12.8. The van der Waals surface area contributed by atoms with E-state index >= 15 is 0 Å². The number of methoxy groups -OCH3 is 1. The molecule has 2 N–H and O–H groups in total. The van der Waals surface area contributed by atoms with E-state index in [2.05, 4.69) is 16.7 Å². The Kier molecular flexibility index (Phi) is 7.19. The molecule has 1 aliphatic heterocycles. The summed E-state index contributed by atoms with van der Waals surface area (Å²) < 4.78 is 11.4.